The van der Waals surface area contributed by atoms with Crippen LogP contribution in [0.2, 0.25) is 0 Å². The van der Waals surface area contributed by atoms with Crippen LogP contribution < -0.4 is 11.1 Å². The molecule has 0 radical (unpaired) electrons. The molecule has 3 N–H and O–H groups in total. The lowest BCUT2D eigenvalue weighted by atomic mass is 10.3. The molecule has 0 saturated carbocycles. The highest BCUT2D eigenvalue weighted by molar-refractivity contribution is 7.98. The van der Waals surface area contributed by atoms with E-state index in [9.17, 15) is 41.0 Å². The van der Waals surface area contributed by atoms with Crippen molar-refractivity contribution < 1.29 is 31.4 Å². The summed E-state index contributed by atoms with van der Waals surface area (Å²) in [5.74, 6) is 0.616. The molecular formula is C22H18F6N6O3S4. The van der Waals surface area contributed by atoms with Crippen LogP contribution in [0.1, 0.15) is 45.6 Å². The van der Waals surface area contributed by atoms with E-state index in [1.807, 2.05) is 0 Å². The molecule has 41 heavy (non-hydrogen) atoms. The van der Waals surface area contributed by atoms with Gasteiger partial charge in [0, 0.05) is 33.4 Å². The summed E-state index contributed by atoms with van der Waals surface area (Å²) >= 11 is 4.59. The topological polar surface area (TPSA) is 138 Å². The van der Waals surface area contributed by atoms with Gasteiger partial charge in [0.05, 0.1) is 28.5 Å². The van der Waals surface area contributed by atoms with E-state index in [2.05, 4.69) is 36.5 Å². The quantitative estimate of drug-likeness (QED) is 0.123. The molecule has 9 nitrogen and oxygen atoms in total. The maximum Gasteiger partial charge on any atom is 0.433 e. The van der Waals surface area contributed by atoms with E-state index in [0.717, 1.165) is 33.3 Å². The third-order valence-electron chi connectivity index (χ3n) is 4.63. The van der Waals surface area contributed by atoms with Crippen molar-refractivity contribution in [3.63, 3.8) is 0 Å². The van der Waals surface area contributed by atoms with Gasteiger partial charge in [-0.1, -0.05) is 30.1 Å². The van der Waals surface area contributed by atoms with Gasteiger partial charge in [0.1, 0.15) is 0 Å². The molecule has 19 heteroatoms. The third-order valence-corrected chi connectivity index (χ3v) is 8.50. The number of hydrogen-bond donors (Lipinski definition) is 3. The van der Waals surface area contributed by atoms with Gasteiger partial charge in [0.15, 0.2) is 21.7 Å². The first-order valence-electron chi connectivity index (χ1n) is 10.9. The second-order valence-corrected chi connectivity index (χ2v) is 11.5. The van der Waals surface area contributed by atoms with Gasteiger partial charge < -0.3 is 15.1 Å². The number of thioether (sulfide) groups is 2. The summed E-state index contributed by atoms with van der Waals surface area (Å²) in [6.45, 7) is 5.14. The van der Waals surface area contributed by atoms with Crippen LogP contribution in [-0.2, 0) is 23.9 Å². The van der Waals surface area contributed by atoms with Crippen LogP contribution in [0.15, 0.2) is 49.6 Å². The molecule has 0 spiro atoms. The lowest BCUT2D eigenvalue weighted by Gasteiger charge is -2.07. The molecule has 1 atom stereocenters. The predicted molar refractivity (Wildman–Crippen MR) is 144 cm³/mol. The minimum atomic E-state index is -4.67. The van der Waals surface area contributed by atoms with Crippen molar-refractivity contribution in [3.8, 4) is 0 Å². The Hall–Kier alpha value is -3.00. The standard InChI is InChI=1S/C11H10F3N3O2S2.C11H8F3N3OS2/c1-5(18)9-6(21-4-15-9)3-20-10-16-7(11(12,13)14)2-8(19)17-10;1-2-6-7(20-5-15-6)4-19-10-16-8(11(12,13)14)3-9(18)17-10/h2,4-5,18H,3H2,1H3,(H,16,17,19);2-3,5H,1,4H2,(H,16,17,18). The maximum atomic E-state index is 12.6. The normalized spacial score (nSPS) is 12.5. The smallest absolute Gasteiger partial charge is 0.387 e. The highest BCUT2D eigenvalue weighted by Gasteiger charge is 2.34. The molecule has 4 heterocycles. The van der Waals surface area contributed by atoms with Crippen LogP contribution in [0.25, 0.3) is 6.08 Å². The largest absolute Gasteiger partial charge is 0.433 e. The zero-order valence-corrected chi connectivity index (χ0v) is 23.8. The van der Waals surface area contributed by atoms with Gasteiger partial charge in [-0.15, -0.1) is 22.7 Å². The molecule has 4 aromatic heterocycles. The summed E-state index contributed by atoms with van der Waals surface area (Å²) in [6.07, 6.45) is -8.51. The number of alkyl halides is 6. The monoisotopic (exact) mass is 656 g/mol. The van der Waals surface area contributed by atoms with Crippen molar-refractivity contribution in [1.29, 1.82) is 0 Å². The van der Waals surface area contributed by atoms with Gasteiger partial charge in [0.25, 0.3) is 11.1 Å². The third kappa shape index (κ3) is 9.52. The van der Waals surface area contributed by atoms with Crippen LogP contribution >= 0.6 is 46.2 Å². The van der Waals surface area contributed by atoms with Crippen molar-refractivity contribution in [3.05, 3.63) is 83.0 Å². The molecule has 0 saturated heterocycles. The minimum absolute atomic E-state index is 0.0757. The highest BCUT2D eigenvalue weighted by atomic mass is 32.2. The maximum absolute atomic E-state index is 12.6. The molecule has 4 aromatic rings. The number of nitrogens with zero attached hydrogens (tertiary/aromatic N) is 4. The number of aromatic amines is 2. The van der Waals surface area contributed by atoms with Crippen molar-refractivity contribution >= 4 is 52.3 Å². The first kappa shape index (κ1) is 32.5. The van der Waals surface area contributed by atoms with Crippen molar-refractivity contribution in [1.82, 2.24) is 29.9 Å². The summed E-state index contributed by atoms with van der Waals surface area (Å²) in [6, 6.07) is 0.851. The molecule has 0 aromatic carbocycles. The number of halogens is 6. The Bertz CT molecular complexity index is 1600. The molecule has 0 fully saturated rings. The van der Waals surface area contributed by atoms with E-state index in [1.54, 1.807) is 24.0 Å². The lowest BCUT2D eigenvalue weighted by molar-refractivity contribution is -0.142. The van der Waals surface area contributed by atoms with E-state index >= 15 is 0 Å². The van der Waals surface area contributed by atoms with Crippen molar-refractivity contribution in [2.24, 2.45) is 0 Å². The number of H-pyrrole nitrogens is 2. The number of nitrogens with one attached hydrogen (secondary N) is 2. The van der Waals surface area contributed by atoms with E-state index in [1.165, 1.54) is 22.7 Å². The van der Waals surface area contributed by atoms with Crippen LogP contribution in [0.5, 0.6) is 0 Å². The zero-order chi connectivity index (χ0) is 30.4. The van der Waals surface area contributed by atoms with Crippen molar-refractivity contribution in [2.45, 2.75) is 47.2 Å². The van der Waals surface area contributed by atoms with E-state index in [4.69, 9.17) is 0 Å². The number of rotatable bonds is 8. The Labute approximate surface area is 243 Å². The number of aliphatic hydroxyl groups is 1. The molecule has 220 valence electrons. The zero-order valence-electron chi connectivity index (χ0n) is 20.5. The Morgan fingerprint density at radius 2 is 1.37 bits per heavy atom. The molecule has 0 aliphatic heterocycles. The second kappa shape index (κ2) is 13.8. The molecule has 0 aliphatic rings. The molecule has 0 aliphatic carbocycles. The Balaban J connectivity index is 0.000000226. The average Bonchev–Trinajstić information content (AvgIpc) is 3.54. The summed E-state index contributed by atoms with van der Waals surface area (Å²) in [5, 5.41) is 9.30. The number of thiazole rings is 2. The average molecular weight is 657 g/mol. The first-order valence-corrected chi connectivity index (χ1v) is 14.7. The summed E-state index contributed by atoms with van der Waals surface area (Å²) in [7, 11) is 0. The number of aromatic nitrogens is 6. The van der Waals surface area contributed by atoms with Gasteiger partial charge in [-0.25, -0.2) is 19.9 Å². The highest BCUT2D eigenvalue weighted by Crippen LogP contribution is 2.31. The fourth-order valence-corrected chi connectivity index (χ4v) is 6.44. The van der Waals surface area contributed by atoms with Crippen LogP contribution in [0.3, 0.4) is 0 Å². The summed E-state index contributed by atoms with van der Waals surface area (Å²) in [5.41, 5.74) is 0.197. The Morgan fingerprint density at radius 3 is 1.83 bits per heavy atom. The Kier molecular flexibility index (Phi) is 10.9. The molecule has 4 rings (SSSR count). The number of hydrogen-bond acceptors (Lipinski definition) is 11. The second-order valence-electron chi connectivity index (χ2n) is 7.65. The molecular weight excluding hydrogens is 639 g/mol. The predicted octanol–water partition coefficient (Wildman–Crippen LogP) is 5.77. The van der Waals surface area contributed by atoms with Gasteiger partial charge in [0.2, 0.25) is 0 Å². The van der Waals surface area contributed by atoms with E-state index in [0.29, 0.717) is 29.3 Å². The lowest BCUT2D eigenvalue weighted by Crippen LogP contribution is -2.16. The number of aliphatic hydroxyl groups excluding tert-OH is 1. The van der Waals surface area contributed by atoms with Crippen molar-refractivity contribution in [2.75, 3.05) is 0 Å². The van der Waals surface area contributed by atoms with E-state index in [-0.39, 0.29) is 16.1 Å². The van der Waals surface area contributed by atoms with Gasteiger partial charge in [-0.3, -0.25) is 9.59 Å². The fourth-order valence-electron chi connectivity index (χ4n) is 2.85. The SMILES string of the molecule is C=Cc1ncsc1CSc1nc(C(F)(F)F)cc(=O)[nH]1.CC(O)c1ncsc1CSc1nc(C(F)(F)F)cc(=O)[nH]1. The fraction of sp³-hybridized carbons (Fsp3) is 0.273. The van der Waals surface area contributed by atoms with E-state index < -0.39 is 41.0 Å². The van der Waals surface area contributed by atoms with Gasteiger partial charge >= 0.3 is 12.4 Å². The van der Waals surface area contributed by atoms with Gasteiger partial charge in [-0.05, 0) is 13.0 Å². The van der Waals surface area contributed by atoms with Crippen LogP contribution in [0, 0.1) is 0 Å². The van der Waals surface area contributed by atoms with Crippen LogP contribution in [-0.4, -0.2) is 35.0 Å². The molecule has 1 unspecified atom stereocenters. The molecule has 0 bridgehead atoms. The Morgan fingerprint density at radius 1 is 0.902 bits per heavy atom. The molecule has 0 amide bonds. The van der Waals surface area contributed by atoms with Gasteiger partial charge in [-0.2, -0.15) is 26.3 Å². The summed E-state index contributed by atoms with van der Waals surface area (Å²) in [4.78, 5) is 43.3. The van der Waals surface area contributed by atoms with Crippen LogP contribution in [0.4, 0.5) is 26.3 Å². The summed E-state index contributed by atoms with van der Waals surface area (Å²) < 4.78 is 75.3. The first-order chi connectivity index (χ1) is 19.2. The minimum Gasteiger partial charge on any atom is -0.387 e.